The third-order valence-corrected chi connectivity index (χ3v) is 3.31. The average molecular weight is 293 g/mol. The summed E-state index contributed by atoms with van der Waals surface area (Å²) >= 11 is 0. The van der Waals surface area contributed by atoms with Crippen LogP contribution >= 0.6 is 0 Å². The molecule has 0 fully saturated rings. The van der Waals surface area contributed by atoms with Crippen molar-refractivity contribution in [1.82, 2.24) is 20.2 Å². The van der Waals surface area contributed by atoms with E-state index in [1.807, 2.05) is 13.8 Å². The van der Waals surface area contributed by atoms with Crippen LogP contribution in [0.2, 0.25) is 0 Å². The highest BCUT2D eigenvalue weighted by Crippen LogP contribution is 2.29. The van der Waals surface area contributed by atoms with E-state index < -0.39 is 6.04 Å². The fraction of sp³-hybridized carbons (Fsp3) is 0.429. The lowest BCUT2D eigenvalue weighted by molar-refractivity contribution is 0.386. The third-order valence-electron chi connectivity index (χ3n) is 3.31. The summed E-state index contributed by atoms with van der Waals surface area (Å²) in [6, 6.07) is 4.40. The zero-order chi connectivity index (χ0) is 15.4. The standard InChI is InChI=1S/C14H20FN5O/c1-9(2)20-13(17-8-18-20)7-11(19-16)14-10(15)5-4-6-12(14)21-3/h4-6,8-9,11,19H,7,16H2,1-3H3. The van der Waals surface area contributed by atoms with E-state index in [0.717, 1.165) is 5.82 Å². The summed E-state index contributed by atoms with van der Waals surface area (Å²) < 4.78 is 21.2. The predicted octanol–water partition coefficient (Wildman–Crippen LogP) is 1.75. The molecule has 2 aromatic rings. The number of hydrogen-bond acceptors (Lipinski definition) is 5. The quantitative estimate of drug-likeness (QED) is 0.627. The van der Waals surface area contributed by atoms with Crippen molar-refractivity contribution in [1.29, 1.82) is 0 Å². The Morgan fingerprint density at radius 1 is 1.43 bits per heavy atom. The van der Waals surface area contributed by atoms with E-state index in [4.69, 9.17) is 10.6 Å². The van der Waals surface area contributed by atoms with Gasteiger partial charge >= 0.3 is 0 Å². The monoisotopic (exact) mass is 293 g/mol. The number of hydrogen-bond donors (Lipinski definition) is 2. The average Bonchev–Trinajstić information content (AvgIpc) is 2.93. The predicted molar refractivity (Wildman–Crippen MR) is 77.1 cm³/mol. The molecular formula is C14H20FN5O. The maximum atomic E-state index is 14.1. The molecule has 6 nitrogen and oxygen atoms in total. The molecule has 7 heteroatoms. The van der Waals surface area contributed by atoms with Gasteiger partial charge < -0.3 is 4.74 Å². The molecule has 0 amide bonds. The van der Waals surface area contributed by atoms with Gasteiger partial charge in [0.1, 0.15) is 23.7 Å². The highest BCUT2D eigenvalue weighted by atomic mass is 19.1. The number of benzene rings is 1. The van der Waals surface area contributed by atoms with E-state index in [0.29, 0.717) is 17.7 Å². The molecular weight excluding hydrogens is 273 g/mol. The molecule has 0 aliphatic rings. The van der Waals surface area contributed by atoms with Gasteiger partial charge in [0, 0.05) is 18.0 Å². The molecule has 0 aliphatic heterocycles. The lowest BCUT2D eigenvalue weighted by atomic mass is 10.0. The molecule has 0 saturated carbocycles. The van der Waals surface area contributed by atoms with E-state index in [2.05, 4.69) is 15.5 Å². The van der Waals surface area contributed by atoms with Gasteiger partial charge in [-0.25, -0.2) is 14.1 Å². The van der Waals surface area contributed by atoms with Gasteiger partial charge in [-0.05, 0) is 26.0 Å². The zero-order valence-electron chi connectivity index (χ0n) is 12.4. The molecule has 0 radical (unpaired) electrons. The number of nitrogens with zero attached hydrogens (tertiary/aromatic N) is 3. The van der Waals surface area contributed by atoms with E-state index in [1.165, 1.54) is 19.5 Å². The van der Waals surface area contributed by atoms with Crippen molar-refractivity contribution in [3.63, 3.8) is 0 Å². The molecule has 0 aliphatic carbocycles. The third kappa shape index (κ3) is 3.20. The molecule has 0 saturated heterocycles. The number of hydrazine groups is 1. The van der Waals surface area contributed by atoms with Crippen LogP contribution in [0.3, 0.4) is 0 Å². The molecule has 1 heterocycles. The second-order valence-electron chi connectivity index (χ2n) is 4.99. The molecule has 21 heavy (non-hydrogen) atoms. The van der Waals surface area contributed by atoms with Crippen LogP contribution in [0.15, 0.2) is 24.5 Å². The van der Waals surface area contributed by atoms with Crippen molar-refractivity contribution in [2.75, 3.05) is 7.11 Å². The number of methoxy groups -OCH3 is 1. The van der Waals surface area contributed by atoms with Crippen molar-refractivity contribution < 1.29 is 9.13 Å². The van der Waals surface area contributed by atoms with Crippen LogP contribution in [0, 0.1) is 5.82 Å². The van der Waals surface area contributed by atoms with Crippen LogP contribution in [0.4, 0.5) is 4.39 Å². The second kappa shape index (κ2) is 6.64. The van der Waals surface area contributed by atoms with Crippen LogP contribution in [0.1, 0.15) is 37.3 Å². The molecule has 1 atom stereocenters. The normalized spacial score (nSPS) is 12.7. The summed E-state index contributed by atoms with van der Waals surface area (Å²) in [6.45, 7) is 4.01. The highest BCUT2D eigenvalue weighted by molar-refractivity contribution is 5.37. The van der Waals surface area contributed by atoms with Crippen LogP contribution in [-0.2, 0) is 6.42 Å². The van der Waals surface area contributed by atoms with Crippen LogP contribution < -0.4 is 16.0 Å². The molecule has 1 aromatic carbocycles. The SMILES string of the molecule is COc1cccc(F)c1C(Cc1ncnn1C(C)C)NN. The van der Waals surface area contributed by atoms with E-state index in [9.17, 15) is 4.39 Å². The molecule has 1 aromatic heterocycles. The summed E-state index contributed by atoms with van der Waals surface area (Å²) in [5, 5.41) is 4.17. The van der Waals surface area contributed by atoms with Crippen molar-refractivity contribution in [3.8, 4) is 5.75 Å². The lowest BCUT2D eigenvalue weighted by Gasteiger charge is -2.20. The van der Waals surface area contributed by atoms with Crippen molar-refractivity contribution in [2.45, 2.75) is 32.4 Å². The van der Waals surface area contributed by atoms with E-state index in [-0.39, 0.29) is 11.9 Å². The largest absolute Gasteiger partial charge is 0.496 e. The Bertz CT molecular complexity index is 599. The minimum atomic E-state index is -0.456. The van der Waals surface area contributed by atoms with E-state index >= 15 is 0 Å². The minimum absolute atomic E-state index is 0.170. The lowest BCUT2D eigenvalue weighted by Crippen LogP contribution is -2.31. The Labute approximate surface area is 123 Å². The summed E-state index contributed by atoms with van der Waals surface area (Å²) in [6.07, 6.45) is 1.90. The van der Waals surface area contributed by atoms with Crippen molar-refractivity contribution in [3.05, 3.63) is 41.7 Å². The maximum absolute atomic E-state index is 14.1. The zero-order valence-corrected chi connectivity index (χ0v) is 12.4. The van der Waals surface area contributed by atoms with Gasteiger partial charge in [-0.3, -0.25) is 11.3 Å². The van der Waals surface area contributed by atoms with Gasteiger partial charge in [0.25, 0.3) is 0 Å². The van der Waals surface area contributed by atoms with Gasteiger partial charge in [-0.1, -0.05) is 6.07 Å². The maximum Gasteiger partial charge on any atom is 0.138 e. The van der Waals surface area contributed by atoms with E-state index in [1.54, 1.807) is 16.8 Å². The Morgan fingerprint density at radius 3 is 2.81 bits per heavy atom. The van der Waals surface area contributed by atoms with Gasteiger partial charge in [0.05, 0.1) is 13.2 Å². The van der Waals surface area contributed by atoms with Crippen LogP contribution in [-0.4, -0.2) is 21.9 Å². The highest BCUT2D eigenvalue weighted by Gasteiger charge is 2.22. The van der Waals surface area contributed by atoms with Gasteiger partial charge in [0.15, 0.2) is 0 Å². The first-order valence-electron chi connectivity index (χ1n) is 6.75. The topological polar surface area (TPSA) is 78.0 Å². The van der Waals surface area contributed by atoms with Gasteiger partial charge in [0.2, 0.25) is 0 Å². The second-order valence-corrected chi connectivity index (χ2v) is 4.99. The number of rotatable bonds is 6. The fourth-order valence-corrected chi connectivity index (χ4v) is 2.31. The Hall–Kier alpha value is -1.99. The number of halogens is 1. The smallest absolute Gasteiger partial charge is 0.138 e. The number of nitrogens with two attached hydrogens (primary N) is 1. The summed E-state index contributed by atoms with van der Waals surface area (Å²) in [5.41, 5.74) is 3.03. The molecule has 1 unspecified atom stereocenters. The molecule has 3 N–H and O–H groups in total. The van der Waals surface area contributed by atoms with Gasteiger partial charge in [-0.2, -0.15) is 5.10 Å². The molecule has 114 valence electrons. The summed E-state index contributed by atoms with van der Waals surface area (Å²) in [4.78, 5) is 4.23. The number of ether oxygens (including phenoxy) is 1. The summed E-state index contributed by atoms with van der Waals surface area (Å²) in [7, 11) is 1.50. The van der Waals surface area contributed by atoms with Gasteiger partial charge in [-0.15, -0.1) is 0 Å². The van der Waals surface area contributed by atoms with Crippen LogP contribution in [0.5, 0.6) is 5.75 Å². The fourth-order valence-electron chi connectivity index (χ4n) is 2.31. The number of aromatic nitrogens is 3. The Balaban J connectivity index is 2.35. The Morgan fingerprint density at radius 2 is 2.19 bits per heavy atom. The number of nitrogens with one attached hydrogen (secondary N) is 1. The Kier molecular flexibility index (Phi) is 4.87. The summed E-state index contributed by atoms with van der Waals surface area (Å²) in [5.74, 6) is 6.43. The van der Waals surface area contributed by atoms with Crippen LogP contribution in [0.25, 0.3) is 0 Å². The minimum Gasteiger partial charge on any atom is -0.496 e. The molecule has 2 rings (SSSR count). The molecule has 0 bridgehead atoms. The van der Waals surface area contributed by atoms with Crippen molar-refractivity contribution >= 4 is 0 Å². The first-order chi connectivity index (χ1) is 10.1. The molecule has 0 spiro atoms. The first kappa shape index (κ1) is 15.4. The van der Waals surface area contributed by atoms with Crippen molar-refractivity contribution in [2.24, 2.45) is 5.84 Å². The first-order valence-corrected chi connectivity index (χ1v) is 6.75.